The molecule has 1 aromatic rings. The number of hydrogen-bond donors (Lipinski definition) is 1. The number of aryl methyl sites for hydroxylation is 2. The number of hydrazone groups is 1. The third kappa shape index (κ3) is 2.69. The van der Waals surface area contributed by atoms with Crippen LogP contribution in [0.25, 0.3) is 0 Å². The Kier molecular flexibility index (Phi) is 3.85. The van der Waals surface area contributed by atoms with E-state index in [0.29, 0.717) is 0 Å². The van der Waals surface area contributed by atoms with Crippen molar-refractivity contribution in [1.82, 2.24) is 0 Å². The standard InChI is InChI=1S/C11H15N3/c1-9-5-4-6-10(2)11(9)14-13-8-7-12-3/h4-8,14H,1-3H3/b12-7-,13-8-. The van der Waals surface area contributed by atoms with Crippen LogP contribution in [0.1, 0.15) is 11.1 Å². The lowest BCUT2D eigenvalue weighted by Crippen LogP contribution is -1.95. The second-order valence-corrected chi connectivity index (χ2v) is 3.06. The van der Waals surface area contributed by atoms with E-state index in [9.17, 15) is 0 Å². The van der Waals surface area contributed by atoms with Gasteiger partial charge in [0, 0.05) is 13.3 Å². The highest BCUT2D eigenvalue weighted by atomic mass is 15.3. The summed E-state index contributed by atoms with van der Waals surface area (Å²) in [5.74, 6) is 0. The highest BCUT2D eigenvalue weighted by Crippen LogP contribution is 2.18. The van der Waals surface area contributed by atoms with Crippen molar-refractivity contribution in [2.45, 2.75) is 13.8 Å². The second-order valence-electron chi connectivity index (χ2n) is 3.06. The van der Waals surface area contributed by atoms with Crippen LogP contribution < -0.4 is 5.43 Å². The maximum Gasteiger partial charge on any atom is 0.0650 e. The molecule has 1 rings (SSSR count). The molecule has 0 aliphatic heterocycles. The average Bonchev–Trinajstić information content (AvgIpc) is 2.16. The molecule has 1 N–H and O–H groups in total. The first-order valence-corrected chi connectivity index (χ1v) is 4.51. The molecule has 74 valence electrons. The molecule has 0 heterocycles. The Labute approximate surface area is 84.6 Å². The lowest BCUT2D eigenvalue weighted by molar-refractivity contribution is 1.27. The van der Waals surface area contributed by atoms with Gasteiger partial charge in [0.25, 0.3) is 0 Å². The van der Waals surface area contributed by atoms with Gasteiger partial charge in [-0.1, -0.05) is 18.2 Å². The molecule has 3 nitrogen and oxygen atoms in total. The van der Waals surface area contributed by atoms with Crippen LogP contribution in [0.4, 0.5) is 5.69 Å². The number of anilines is 1. The third-order valence-corrected chi connectivity index (χ3v) is 1.95. The van der Waals surface area contributed by atoms with E-state index in [4.69, 9.17) is 0 Å². The predicted octanol–water partition coefficient (Wildman–Crippen LogP) is 2.40. The quantitative estimate of drug-likeness (QED) is 0.575. The number of benzene rings is 1. The predicted molar refractivity (Wildman–Crippen MR) is 62.4 cm³/mol. The van der Waals surface area contributed by atoms with Gasteiger partial charge in [-0.3, -0.25) is 10.4 Å². The van der Waals surface area contributed by atoms with Gasteiger partial charge in [0.1, 0.15) is 0 Å². The van der Waals surface area contributed by atoms with Gasteiger partial charge in [0.2, 0.25) is 0 Å². The SMILES string of the molecule is C/N=C\C=N/Nc1c(C)cccc1C. The summed E-state index contributed by atoms with van der Waals surface area (Å²) in [6.45, 7) is 4.11. The van der Waals surface area contributed by atoms with Crippen molar-refractivity contribution < 1.29 is 0 Å². The largest absolute Gasteiger partial charge is 0.295 e. The Bertz CT molecular complexity index is 333. The van der Waals surface area contributed by atoms with Gasteiger partial charge in [-0.15, -0.1) is 0 Å². The molecule has 0 saturated heterocycles. The molecular formula is C11H15N3. The molecule has 0 atom stereocenters. The molecule has 0 bridgehead atoms. The van der Waals surface area contributed by atoms with Gasteiger partial charge in [-0.2, -0.15) is 5.10 Å². The summed E-state index contributed by atoms with van der Waals surface area (Å²) in [4.78, 5) is 3.80. The zero-order valence-electron chi connectivity index (χ0n) is 8.78. The Hall–Kier alpha value is -1.64. The van der Waals surface area contributed by atoms with Crippen molar-refractivity contribution in [2.75, 3.05) is 12.5 Å². The zero-order valence-corrected chi connectivity index (χ0v) is 8.78. The van der Waals surface area contributed by atoms with Crippen LogP contribution in [0.2, 0.25) is 0 Å². The van der Waals surface area contributed by atoms with Crippen LogP contribution in [-0.2, 0) is 0 Å². The van der Waals surface area contributed by atoms with Crippen LogP contribution >= 0.6 is 0 Å². The summed E-state index contributed by atoms with van der Waals surface area (Å²) >= 11 is 0. The third-order valence-electron chi connectivity index (χ3n) is 1.95. The van der Waals surface area contributed by atoms with Crippen molar-refractivity contribution >= 4 is 18.1 Å². The van der Waals surface area contributed by atoms with Crippen LogP contribution in [0, 0.1) is 13.8 Å². The Balaban J connectivity index is 2.76. The van der Waals surface area contributed by atoms with Gasteiger partial charge in [-0.25, -0.2) is 0 Å². The van der Waals surface area contributed by atoms with Crippen molar-refractivity contribution in [2.24, 2.45) is 10.1 Å². The number of para-hydroxylation sites is 1. The zero-order chi connectivity index (χ0) is 10.4. The van der Waals surface area contributed by atoms with E-state index in [1.165, 1.54) is 11.1 Å². The van der Waals surface area contributed by atoms with Crippen molar-refractivity contribution in [1.29, 1.82) is 0 Å². The lowest BCUT2D eigenvalue weighted by atomic mass is 10.1. The van der Waals surface area contributed by atoms with Gasteiger partial charge in [0.05, 0.1) is 11.9 Å². The number of aliphatic imine (C=N–C) groups is 1. The maximum absolute atomic E-state index is 4.03. The van der Waals surface area contributed by atoms with Crippen LogP contribution in [0.3, 0.4) is 0 Å². The first-order valence-electron chi connectivity index (χ1n) is 4.51. The van der Waals surface area contributed by atoms with Crippen molar-refractivity contribution in [3.8, 4) is 0 Å². The van der Waals surface area contributed by atoms with Gasteiger partial charge in [-0.05, 0) is 25.0 Å². The molecule has 1 aromatic carbocycles. The number of nitrogens with zero attached hydrogens (tertiary/aromatic N) is 2. The van der Waals surface area contributed by atoms with Crippen LogP contribution in [0.15, 0.2) is 28.3 Å². The molecule has 0 spiro atoms. The monoisotopic (exact) mass is 189 g/mol. The van der Waals surface area contributed by atoms with E-state index in [-0.39, 0.29) is 0 Å². The summed E-state index contributed by atoms with van der Waals surface area (Å²) in [6, 6.07) is 6.14. The Morgan fingerprint density at radius 2 is 1.79 bits per heavy atom. The summed E-state index contributed by atoms with van der Waals surface area (Å²) in [5.41, 5.74) is 6.44. The summed E-state index contributed by atoms with van der Waals surface area (Å²) in [7, 11) is 1.71. The minimum atomic E-state index is 1.06. The molecule has 0 saturated carbocycles. The van der Waals surface area contributed by atoms with Crippen molar-refractivity contribution in [3.63, 3.8) is 0 Å². The normalized spacial score (nSPS) is 11.4. The molecule has 0 radical (unpaired) electrons. The molecule has 0 aromatic heterocycles. The molecule has 14 heavy (non-hydrogen) atoms. The summed E-state index contributed by atoms with van der Waals surface area (Å²) < 4.78 is 0. The Morgan fingerprint density at radius 1 is 1.14 bits per heavy atom. The minimum absolute atomic E-state index is 1.06. The molecule has 3 heteroatoms. The molecule has 0 aliphatic carbocycles. The number of nitrogens with one attached hydrogen (secondary N) is 1. The maximum atomic E-state index is 4.03. The summed E-state index contributed by atoms with van der Waals surface area (Å²) in [5, 5.41) is 4.03. The second kappa shape index (κ2) is 5.17. The summed E-state index contributed by atoms with van der Waals surface area (Å²) in [6.07, 6.45) is 3.27. The Morgan fingerprint density at radius 3 is 2.36 bits per heavy atom. The fourth-order valence-electron chi connectivity index (χ4n) is 1.19. The molecule has 0 fully saturated rings. The fourth-order valence-corrected chi connectivity index (χ4v) is 1.19. The highest BCUT2D eigenvalue weighted by Gasteiger charge is 1.98. The number of hydrogen-bond acceptors (Lipinski definition) is 3. The van der Waals surface area contributed by atoms with E-state index in [0.717, 1.165) is 5.69 Å². The van der Waals surface area contributed by atoms with E-state index in [1.54, 1.807) is 19.5 Å². The van der Waals surface area contributed by atoms with E-state index >= 15 is 0 Å². The first-order chi connectivity index (χ1) is 6.75. The van der Waals surface area contributed by atoms with Gasteiger partial charge >= 0.3 is 0 Å². The highest BCUT2D eigenvalue weighted by molar-refractivity contribution is 6.16. The van der Waals surface area contributed by atoms with Crippen LogP contribution in [0.5, 0.6) is 0 Å². The number of rotatable bonds is 3. The molecular weight excluding hydrogens is 174 g/mol. The fraction of sp³-hybridized carbons (Fsp3) is 0.273. The minimum Gasteiger partial charge on any atom is -0.295 e. The van der Waals surface area contributed by atoms with Gasteiger partial charge in [0.15, 0.2) is 0 Å². The van der Waals surface area contributed by atoms with E-state index in [2.05, 4.69) is 41.5 Å². The topological polar surface area (TPSA) is 36.8 Å². The lowest BCUT2D eigenvalue weighted by Gasteiger charge is -2.07. The van der Waals surface area contributed by atoms with E-state index in [1.807, 2.05) is 6.07 Å². The van der Waals surface area contributed by atoms with Crippen LogP contribution in [-0.4, -0.2) is 19.5 Å². The smallest absolute Gasteiger partial charge is 0.0650 e. The van der Waals surface area contributed by atoms with Crippen molar-refractivity contribution in [3.05, 3.63) is 29.3 Å². The molecule has 0 unspecified atom stereocenters. The first kappa shape index (κ1) is 10.4. The molecule has 0 amide bonds. The average molecular weight is 189 g/mol. The molecule has 0 aliphatic rings. The van der Waals surface area contributed by atoms with E-state index < -0.39 is 0 Å². The van der Waals surface area contributed by atoms with Gasteiger partial charge < -0.3 is 0 Å².